The molecule has 1 atom stereocenters. The fourth-order valence-electron chi connectivity index (χ4n) is 5.46. The van der Waals surface area contributed by atoms with Crippen molar-refractivity contribution in [1.29, 1.82) is 0 Å². The molecule has 4 heterocycles. The van der Waals surface area contributed by atoms with Crippen molar-refractivity contribution in [2.24, 2.45) is 0 Å². The van der Waals surface area contributed by atoms with E-state index in [1.807, 2.05) is 53.2 Å². The molecule has 0 fully saturated rings. The van der Waals surface area contributed by atoms with E-state index in [1.165, 1.54) is 19.2 Å². The minimum Gasteiger partial charge on any atom is -0.504 e. The number of nitrogens with two attached hydrogens (primary N) is 1. The first-order valence-electron chi connectivity index (χ1n) is 13.4. The quantitative estimate of drug-likeness (QED) is 0.273. The Balaban J connectivity index is 1.28. The minimum absolute atomic E-state index is 0.0153. The van der Waals surface area contributed by atoms with Crippen LogP contribution in [0.2, 0.25) is 0 Å². The number of methoxy groups -OCH3 is 1. The Labute approximate surface area is 240 Å². The molecule has 208 valence electrons. The summed E-state index contributed by atoms with van der Waals surface area (Å²) in [4.78, 5) is 27.2. The predicted octanol–water partition coefficient (Wildman–Crippen LogP) is 4.38. The molecule has 0 aliphatic heterocycles. The minimum atomic E-state index is -0.236. The third-order valence-corrected chi connectivity index (χ3v) is 7.52. The van der Waals surface area contributed by atoms with Gasteiger partial charge < -0.3 is 20.9 Å². The van der Waals surface area contributed by atoms with E-state index in [-0.39, 0.29) is 23.4 Å². The Hall–Kier alpha value is -5.71. The number of rotatable bonds is 6. The van der Waals surface area contributed by atoms with E-state index in [1.54, 1.807) is 23.1 Å². The summed E-state index contributed by atoms with van der Waals surface area (Å²) in [5, 5.41) is 17.4. The maximum Gasteiger partial charge on any atom is 0.251 e. The van der Waals surface area contributed by atoms with Gasteiger partial charge in [0.2, 0.25) is 0 Å². The zero-order valence-corrected chi connectivity index (χ0v) is 22.6. The average Bonchev–Trinajstić information content (AvgIpc) is 3.76. The molecule has 2 aromatic carbocycles. The van der Waals surface area contributed by atoms with Gasteiger partial charge in [0, 0.05) is 29.8 Å². The molecule has 0 saturated heterocycles. The van der Waals surface area contributed by atoms with Crippen molar-refractivity contribution in [2.45, 2.75) is 18.9 Å². The smallest absolute Gasteiger partial charge is 0.251 e. The lowest BCUT2D eigenvalue weighted by molar-refractivity contribution is 0.0936. The van der Waals surface area contributed by atoms with Gasteiger partial charge in [0.05, 0.1) is 18.7 Å². The number of aromatic hydroxyl groups is 1. The average molecular weight is 559 g/mol. The van der Waals surface area contributed by atoms with Crippen LogP contribution in [0.3, 0.4) is 0 Å². The van der Waals surface area contributed by atoms with E-state index in [0.29, 0.717) is 39.8 Å². The summed E-state index contributed by atoms with van der Waals surface area (Å²) >= 11 is 0. The maximum atomic E-state index is 13.1. The number of nitrogen functional groups attached to an aromatic ring is 1. The Morgan fingerprint density at radius 1 is 1.07 bits per heavy atom. The van der Waals surface area contributed by atoms with Crippen molar-refractivity contribution < 1.29 is 14.6 Å². The van der Waals surface area contributed by atoms with Gasteiger partial charge in [0.25, 0.3) is 5.91 Å². The summed E-state index contributed by atoms with van der Waals surface area (Å²) in [5.41, 5.74) is 11.8. The fraction of sp³-hybridized carbons (Fsp3) is 0.129. The van der Waals surface area contributed by atoms with Crippen molar-refractivity contribution in [2.75, 3.05) is 12.8 Å². The van der Waals surface area contributed by atoms with E-state index in [2.05, 4.69) is 21.5 Å². The first-order chi connectivity index (χ1) is 20.5. The van der Waals surface area contributed by atoms with Gasteiger partial charge in [-0.1, -0.05) is 6.07 Å². The van der Waals surface area contributed by atoms with E-state index in [4.69, 9.17) is 20.4 Å². The molecule has 6 aromatic rings. The van der Waals surface area contributed by atoms with Crippen LogP contribution >= 0.6 is 0 Å². The lowest BCUT2D eigenvalue weighted by Gasteiger charge is -2.16. The second-order valence-electron chi connectivity index (χ2n) is 10.0. The normalized spacial score (nSPS) is 14.2. The van der Waals surface area contributed by atoms with Gasteiger partial charge in [-0.3, -0.25) is 9.36 Å². The number of phenols is 1. The van der Waals surface area contributed by atoms with Crippen LogP contribution in [0.4, 0.5) is 5.82 Å². The number of imidazole rings is 1. The van der Waals surface area contributed by atoms with Crippen LogP contribution in [0.25, 0.3) is 34.1 Å². The SMILES string of the molecule is COc1cc(C(=O)N[C@H]2CCc3cc(-n4c(-c5cccnc5N)nc5ccc(-n6cccn6)nc54)ccc32)ccc1O. The van der Waals surface area contributed by atoms with Crippen LogP contribution < -0.4 is 15.8 Å². The summed E-state index contributed by atoms with van der Waals surface area (Å²) in [5.74, 6) is 1.66. The highest BCUT2D eigenvalue weighted by molar-refractivity contribution is 5.95. The molecule has 7 rings (SSSR count). The second kappa shape index (κ2) is 10.0. The van der Waals surface area contributed by atoms with E-state index in [0.717, 1.165) is 29.7 Å². The number of carbonyl (C=O) groups excluding carboxylic acids is 1. The molecule has 1 aliphatic carbocycles. The van der Waals surface area contributed by atoms with Gasteiger partial charge in [0.1, 0.15) is 11.3 Å². The standard InChI is InChI=1S/C31H26N8O3/c1-42-26-17-19(6-11-25(26)40)31(41)36-23-9-5-18-16-20(7-8-21(18)23)39-29(22-4-2-13-33-28(22)32)35-24-10-12-27(37-30(24)39)38-15-3-14-34-38/h2-4,6-8,10-17,23,40H,5,9H2,1H3,(H2,32,33)(H,36,41)/t23-/m0/s1. The van der Waals surface area contributed by atoms with E-state index < -0.39 is 0 Å². The van der Waals surface area contributed by atoms with Gasteiger partial charge in [-0.2, -0.15) is 5.10 Å². The number of benzene rings is 2. The summed E-state index contributed by atoms with van der Waals surface area (Å²) in [6.07, 6.45) is 6.74. The molecule has 0 unspecified atom stereocenters. The lowest BCUT2D eigenvalue weighted by atomic mass is 10.1. The number of aromatic nitrogens is 6. The largest absolute Gasteiger partial charge is 0.504 e. The predicted molar refractivity (Wildman–Crippen MR) is 157 cm³/mol. The number of phenolic OH excluding ortho intramolecular Hbond substituents is 1. The number of ether oxygens (including phenoxy) is 1. The van der Waals surface area contributed by atoms with Crippen molar-refractivity contribution in [3.05, 3.63) is 102 Å². The molecule has 0 bridgehead atoms. The number of fused-ring (bicyclic) bond motifs is 2. The number of hydrogen-bond donors (Lipinski definition) is 3. The van der Waals surface area contributed by atoms with Crippen LogP contribution in [-0.4, -0.2) is 47.4 Å². The van der Waals surface area contributed by atoms with Crippen LogP contribution in [0.5, 0.6) is 11.5 Å². The molecule has 0 radical (unpaired) electrons. The number of nitrogens with one attached hydrogen (secondary N) is 1. The third kappa shape index (κ3) is 4.27. The van der Waals surface area contributed by atoms with Crippen LogP contribution in [-0.2, 0) is 6.42 Å². The highest BCUT2D eigenvalue weighted by atomic mass is 16.5. The number of pyridine rings is 2. The topological polar surface area (TPSA) is 146 Å². The molecule has 11 heteroatoms. The summed E-state index contributed by atoms with van der Waals surface area (Å²) in [7, 11) is 1.45. The molecule has 42 heavy (non-hydrogen) atoms. The summed E-state index contributed by atoms with van der Waals surface area (Å²) < 4.78 is 8.85. The Bertz CT molecular complexity index is 1970. The number of anilines is 1. The molecule has 11 nitrogen and oxygen atoms in total. The second-order valence-corrected chi connectivity index (χ2v) is 10.0. The van der Waals surface area contributed by atoms with Crippen molar-refractivity contribution in [3.8, 4) is 34.4 Å². The Morgan fingerprint density at radius 3 is 2.79 bits per heavy atom. The molecular weight excluding hydrogens is 532 g/mol. The molecular formula is C31H26N8O3. The summed E-state index contributed by atoms with van der Waals surface area (Å²) in [6, 6.07) is 19.9. The van der Waals surface area contributed by atoms with Crippen LogP contribution in [0.15, 0.2) is 85.3 Å². The van der Waals surface area contributed by atoms with Gasteiger partial charge in [0.15, 0.2) is 28.8 Å². The lowest BCUT2D eigenvalue weighted by Crippen LogP contribution is -2.27. The first kappa shape index (κ1) is 25.3. The van der Waals surface area contributed by atoms with Crippen molar-refractivity contribution in [1.82, 2.24) is 34.6 Å². The molecule has 0 saturated carbocycles. The Morgan fingerprint density at radius 2 is 1.98 bits per heavy atom. The van der Waals surface area contributed by atoms with Crippen LogP contribution in [0, 0.1) is 0 Å². The van der Waals surface area contributed by atoms with Gasteiger partial charge >= 0.3 is 0 Å². The number of amides is 1. The van der Waals surface area contributed by atoms with Crippen molar-refractivity contribution >= 4 is 22.9 Å². The number of hydrogen-bond acceptors (Lipinski definition) is 8. The fourth-order valence-corrected chi connectivity index (χ4v) is 5.46. The zero-order chi connectivity index (χ0) is 28.8. The molecule has 1 amide bonds. The zero-order valence-electron chi connectivity index (χ0n) is 22.6. The van der Waals surface area contributed by atoms with Crippen molar-refractivity contribution in [3.63, 3.8) is 0 Å². The monoisotopic (exact) mass is 558 g/mol. The van der Waals surface area contributed by atoms with Gasteiger partial charge in [-0.15, -0.1) is 0 Å². The molecule has 4 N–H and O–H groups in total. The van der Waals surface area contributed by atoms with E-state index >= 15 is 0 Å². The summed E-state index contributed by atoms with van der Waals surface area (Å²) in [6.45, 7) is 0. The van der Waals surface area contributed by atoms with Crippen LogP contribution in [0.1, 0.15) is 33.9 Å². The molecule has 4 aromatic heterocycles. The van der Waals surface area contributed by atoms with Gasteiger partial charge in [-0.25, -0.2) is 19.6 Å². The first-order valence-corrected chi connectivity index (χ1v) is 13.4. The highest BCUT2D eigenvalue weighted by Crippen LogP contribution is 2.36. The number of aryl methyl sites for hydroxylation is 1. The number of nitrogens with zero attached hydrogens (tertiary/aromatic N) is 6. The Kier molecular flexibility index (Phi) is 6.04. The molecule has 0 spiro atoms. The third-order valence-electron chi connectivity index (χ3n) is 7.52. The van der Waals surface area contributed by atoms with E-state index in [9.17, 15) is 9.90 Å². The molecule has 1 aliphatic rings. The maximum absolute atomic E-state index is 13.1. The van der Waals surface area contributed by atoms with Gasteiger partial charge in [-0.05, 0) is 84.6 Å². The number of carbonyl (C=O) groups is 1. The highest BCUT2D eigenvalue weighted by Gasteiger charge is 2.26.